The predicted molar refractivity (Wildman–Crippen MR) is 111 cm³/mol. The molecule has 1 aliphatic carbocycles. The number of hydrogen-bond donors (Lipinski definition) is 2. The van der Waals surface area contributed by atoms with Crippen LogP contribution in [0.3, 0.4) is 0 Å². The first-order valence-corrected chi connectivity index (χ1v) is 11.1. The number of quaternary nitrogens is 2. The van der Waals surface area contributed by atoms with Crippen molar-refractivity contribution >= 4 is 5.71 Å². The van der Waals surface area contributed by atoms with E-state index < -0.39 is 0 Å². The molecule has 2 fully saturated rings. The van der Waals surface area contributed by atoms with Gasteiger partial charge < -0.3 is 4.90 Å². The molecule has 0 atom stereocenters. The summed E-state index contributed by atoms with van der Waals surface area (Å²) in [5.74, 6) is 0. The second-order valence-electron chi connectivity index (χ2n) is 9.74. The highest BCUT2D eigenvalue weighted by Gasteiger charge is 2.37. The van der Waals surface area contributed by atoms with Crippen LogP contribution < -0.4 is 9.80 Å². The number of piperidine rings is 1. The first kappa shape index (κ1) is 18.9. The molecule has 1 aromatic carbocycles. The molecule has 2 saturated heterocycles. The molecule has 0 unspecified atom stereocenters. The first-order valence-electron chi connectivity index (χ1n) is 11.1. The minimum Gasteiger partial charge on any atom is -0.322 e. The maximum atomic E-state index is 2.70. The topological polar surface area (TPSA) is 11.9 Å². The van der Waals surface area contributed by atoms with Crippen LogP contribution in [-0.4, -0.2) is 49.6 Å². The summed E-state index contributed by atoms with van der Waals surface area (Å²) in [7, 11) is 0. The fourth-order valence-corrected chi connectivity index (χ4v) is 5.27. The van der Waals surface area contributed by atoms with Gasteiger partial charge in [-0.3, -0.25) is 4.90 Å². The second-order valence-corrected chi connectivity index (χ2v) is 9.74. The standard InChI is InChI=1S/C24H36N3/c1-24(2)18-22(26-11-7-4-8-12-26)17-23(19-24)27-15-13-25(14-16-27)20-21-9-5-3-6-10-21/h3,5-6,9-10,17H,4,7-8,11-16,18-20H2,1-2H3/q+1/p+2. The maximum Gasteiger partial charge on any atom is 0.182 e. The molecule has 0 amide bonds. The van der Waals surface area contributed by atoms with Gasteiger partial charge in [0.05, 0.1) is 6.08 Å². The summed E-state index contributed by atoms with van der Waals surface area (Å²) in [5, 5.41) is 0. The highest BCUT2D eigenvalue weighted by atomic mass is 15.3. The Morgan fingerprint density at radius 3 is 2.30 bits per heavy atom. The fraction of sp³-hybridized carbons (Fsp3) is 0.625. The molecule has 0 radical (unpaired) electrons. The largest absolute Gasteiger partial charge is 0.322 e. The highest BCUT2D eigenvalue weighted by molar-refractivity contribution is 5.92. The molecule has 0 bridgehead atoms. The Labute approximate surface area is 165 Å². The van der Waals surface area contributed by atoms with Crippen LogP contribution in [0.1, 0.15) is 51.5 Å². The quantitative estimate of drug-likeness (QED) is 0.747. The number of allylic oxidation sites excluding steroid dienone is 2. The van der Waals surface area contributed by atoms with Crippen LogP contribution in [0.15, 0.2) is 42.1 Å². The van der Waals surface area contributed by atoms with Crippen LogP contribution in [0.5, 0.6) is 0 Å². The summed E-state index contributed by atoms with van der Waals surface area (Å²) in [6.07, 6.45) is 9.31. The van der Waals surface area contributed by atoms with Crippen LogP contribution in [0, 0.1) is 5.41 Å². The SMILES string of the molecule is CC1(C)CC([NH+]2CC[NH+](Cc3ccccc3)CC2)=CC(=[N+]2CCCCC2)C1. The van der Waals surface area contributed by atoms with E-state index in [9.17, 15) is 0 Å². The van der Waals surface area contributed by atoms with Gasteiger partial charge in [-0.1, -0.05) is 44.2 Å². The molecule has 2 heterocycles. The molecule has 3 aliphatic rings. The number of nitrogens with one attached hydrogen (secondary N) is 2. The van der Waals surface area contributed by atoms with Crippen molar-refractivity contribution in [2.45, 2.75) is 52.5 Å². The van der Waals surface area contributed by atoms with Gasteiger partial charge in [0.2, 0.25) is 0 Å². The molecule has 2 N–H and O–H groups in total. The van der Waals surface area contributed by atoms with Crippen LogP contribution >= 0.6 is 0 Å². The molecule has 0 saturated carbocycles. The van der Waals surface area contributed by atoms with Crippen LogP contribution in [0.2, 0.25) is 0 Å². The zero-order valence-corrected chi connectivity index (χ0v) is 17.4. The average Bonchev–Trinajstić information content (AvgIpc) is 2.69. The van der Waals surface area contributed by atoms with Crippen molar-refractivity contribution in [3.8, 4) is 0 Å². The van der Waals surface area contributed by atoms with E-state index in [2.05, 4.69) is 54.8 Å². The van der Waals surface area contributed by atoms with E-state index in [1.165, 1.54) is 83.5 Å². The van der Waals surface area contributed by atoms with Gasteiger partial charge in [-0.2, -0.15) is 0 Å². The van der Waals surface area contributed by atoms with Gasteiger partial charge in [-0.25, -0.2) is 4.58 Å². The summed E-state index contributed by atoms with van der Waals surface area (Å²) in [4.78, 5) is 3.51. The van der Waals surface area contributed by atoms with Crippen molar-refractivity contribution < 1.29 is 14.4 Å². The van der Waals surface area contributed by atoms with Gasteiger partial charge in [0.15, 0.2) is 5.71 Å². The van der Waals surface area contributed by atoms with Gasteiger partial charge in [0.25, 0.3) is 0 Å². The van der Waals surface area contributed by atoms with E-state index in [4.69, 9.17) is 0 Å². The highest BCUT2D eigenvalue weighted by Crippen LogP contribution is 2.32. The Morgan fingerprint density at radius 1 is 0.889 bits per heavy atom. The summed E-state index contributed by atoms with van der Waals surface area (Å²) in [5.41, 5.74) is 5.21. The Balaban J connectivity index is 1.42. The zero-order chi connectivity index (χ0) is 18.7. The molecule has 4 rings (SSSR count). The van der Waals surface area contributed by atoms with Gasteiger partial charge in [-0.05, 0) is 11.8 Å². The van der Waals surface area contributed by atoms with Crippen LogP contribution in [0.25, 0.3) is 0 Å². The molecular formula is C24H38N3+3. The van der Waals surface area contributed by atoms with Gasteiger partial charge >= 0.3 is 0 Å². The van der Waals surface area contributed by atoms with Crippen molar-refractivity contribution in [2.24, 2.45) is 5.41 Å². The Kier molecular flexibility index (Phi) is 5.79. The molecule has 3 nitrogen and oxygen atoms in total. The maximum absolute atomic E-state index is 2.70. The average molecular weight is 369 g/mol. The molecular weight excluding hydrogens is 330 g/mol. The lowest BCUT2D eigenvalue weighted by Gasteiger charge is -2.35. The lowest BCUT2D eigenvalue weighted by molar-refractivity contribution is -1.00. The molecule has 146 valence electrons. The molecule has 0 aromatic heterocycles. The van der Waals surface area contributed by atoms with Gasteiger partial charge in [-0.15, -0.1) is 0 Å². The fourth-order valence-electron chi connectivity index (χ4n) is 5.27. The first-order chi connectivity index (χ1) is 13.1. The molecule has 3 heteroatoms. The molecule has 2 aliphatic heterocycles. The summed E-state index contributed by atoms with van der Waals surface area (Å²) < 4.78 is 2.70. The number of piperazine rings is 1. The van der Waals surface area contributed by atoms with E-state index in [1.807, 2.05) is 0 Å². The van der Waals surface area contributed by atoms with E-state index in [0.29, 0.717) is 5.41 Å². The number of hydrogen-bond acceptors (Lipinski definition) is 0. The Morgan fingerprint density at radius 2 is 1.59 bits per heavy atom. The lowest BCUT2D eigenvalue weighted by atomic mass is 9.77. The van der Waals surface area contributed by atoms with Crippen LogP contribution in [0.4, 0.5) is 0 Å². The third-order valence-electron chi connectivity index (χ3n) is 6.74. The Bertz CT molecular complexity index is 686. The summed E-state index contributed by atoms with van der Waals surface area (Å²) in [6.45, 7) is 13.8. The van der Waals surface area contributed by atoms with E-state index in [0.717, 1.165) is 0 Å². The molecule has 0 spiro atoms. The van der Waals surface area contributed by atoms with Crippen molar-refractivity contribution in [1.82, 2.24) is 0 Å². The minimum absolute atomic E-state index is 0.415. The van der Waals surface area contributed by atoms with E-state index in [1.54, 1.807) is 21.2 Å². The van der Waals surface area contributed by atoms with Crippen LogP contribution in [-0.2, 0) is 6.54 Å². The van der Waals surface area contributed by atoms with Crippen molar-refractivity contribution in [3.05, 3.63) is 47.7 Å². The Hall–Kier alpha value is -1.45. The lowest BCUT2D eigenvalue weighted by Crippen LogP contribution is -3.26. The number of benzene rings is 1. The van der Waals surface area contributed by atoms with Crippen molar-refractivity contribution in [1.29, 1.82) is 0 Å². The monoisotopic (exact) mass is 368 g/mol. The number of nitrogens with zero attached hydrogens (tertiary/aromatic N) is 1. The van der Waals surface area contributed by atoms with E-state index in [-0.39, 0.29) is 0 Å². The van der Waals surface area contributed by atoms with Gasteiger partial charge in [0, 0.05) is 31.2 Å². The van der Waals surface area contributed by atoms with Crippen molar-refractivity contribution in [2.75, 3.05) is 39.3 Å². The second kappa shape index (κ2) is 8.28. The number of rotatable bonds is 3. The third kappa shape index (κ3) is 4.89. The molecule has 27 heavy (non-hydrogen) atoms. The summed E-state index contributed by atoms with van der Waals surface area (Å²) in [6, 6.07) is 11.0. The van der Waals surface area contributed by atoms with E-state index >= 15 is 0 Å². The minimum atomic E-state index is 0.415. The third-order valence-corrected chi connectivity index (χ3v) is 6.74. The van der Waals surface area contributed by atoms with Crippen molar-refractivity contribution in [3.63, 3.8) is 0 Å². The molecule has 1 aromatic rings. The van der Waals surface area contributed by atoms with Gasteiger partial charge in [0.1, 0.15) is 51.5 Å². The smallest absolute Gasteiger partial charge is 0.182 e. The summed E-state index contributed by atoms with van der Waals surface area (Å²) >= 11 is 0. The zero-order valence-electron chi connectivity index (χ0n) is 17.4. The normalized spacial score (nSPS) is 28.7. The predicted octanol–water partition coefficient (Wildman–Crippen LogP) is 1.31.